The molecule has 1 aromatic rings. The molecule has 0 atom stereocenters. The van der Waals surface area contributed by atoms with E-state index in [1.165, 1.54) is 0 Å². The summed E-state index contributed by atoms with van der Waals surface area (Å²) in [6.07, 6.45) is 5.11. The number of hydrogen-bond acceptors (Lipinski definition) is 4. The lowest BCUT2D eigenvalue weighted by molar-refractivity contribution is -0.137. The van der Waals surface area contributed by atoms with Crippen molar-refractivity contribution in [2.75, 3.05) is 13.1 Å². The Bertz CT molecular complexity index is 428. The van der Waals surface area contributed by atoms with Gasteiger partial charge >= 0.3 is 5.97 Å². The summed E-state index contributed by atoms with van der Waals surface area (Å²) < 4.78 is 0. The smallest absolute Gasteiger partial charge is 0.303 e. The average molecular weight is 263 g/mol. The molecule has 1 N–H and O–H groups in total. The molecule has 0 amide bonds. The van der Waals surface area contributed by atoms with Crippen LogP contribution in [0.5, 0.6) is 0 Å². The largest absolute Gasteiger partial charge is 0.481 e. The molecule has 1 aromatic heterocycles. The molecule has 2 heterocycles. The van der Waals surface area contributed by atoms with Gasteiger partial charge in [-0.3, -0.25) is 9.69 Å². The molecule has 5 nitrogen and oxygen atoms in total. The Kier molecular flexibility index (Phi) is 4.85. The summed E-state index contributed by atoms with van der Waals surface area (Å²) in [5.74, 6) is 0.701. The summed E-state index contributed by atoms with van der Waals surface area (Å²) in [5, 5.41) is 8.69. The molecular weight excluding hydrogens is 242 g/mol. The van der Waals surface area contributed by atoms with E-state index in [9.17, 15) is 4.79 Å². The van der Waals surface area contributed by atoms with Crippen LogP contribution in [0.15, 0.2) is 12.3 Å². The molecule has 19 heavy (non-hydrogen) atoms. The van der Waals surface area contributed by atoms with Crippen LogP contribution in [0.1, 0.15) is 37.2 Å². The molecule has 0 bridgehead atoms. The first-order valence-electron chi connectivity index (χ1n) is 6.86. The number of nitrogens with zero attached hydrogens (tertiary/aromatic N) is 3. The third kappa shape index (κ3) is 4.59. The van der Waals surface area contributed by atoms with Crippen LogP contribution in [-0.2, 0) is 11.3 Å². The number of piperidine rings is 1. The Morgan fingerprint density at radius 2 is 2.21 bits per heavy atom. The predicted octanol–water partition coefficient (Wildman–Crippen LogP) is 1.86. The number of aliphatic carboxylic acids is 1. The van der Waals surface area contributed by atoms with Crippen molar-refractivity contribution in [3.8, 4) is 0 Å². The number of carbonyl (C=O) groups is 1. The van der Waals surface area contributed by atoms with Crippen molar-refractivity contribution in [1.29, 1.82) is 0 Å². The Hall–Kier alpha value is -1.49. The zero-order valence-electron chi connectivity index (χ0n) is 11.4. The molecule has 0 aromatic carbocycles. The molecule has 0 aliphatic carbocycles. The van der Waals surface area contributed by atoms with E-state index in [4.69, 9.17) is 5.11 Å². The average Bonchev–Trinajstić information content (AvgIpc) is 2.38. The van der Waals surface area contributed by atoms with E-state index in [0.717, 1.165) is 50.4 Å². The van der Waals surface area contributed by atoms with Gasteiger partial charge in [-0.2, -0.15) is 0 Å². The third-order valence-corrected chi connectivity index (χ3v) is 3.69. The monoisotopic (exact) mass is 263 g/mol. The maximum absolute atomic E-state index is 10.6. The minimum absolute atomic E-state index is 0.301. The van der Waals surface area contributed by atoms with Crippen molar-refractivity contribution >= 4 is 5.97 Å². The predicted molar refractivity (Wildman–Crippen MR) is 71.6 cm³/mol. The quantitative estimate of drug-likeness (QED) is 0.878. The molecule has 0 radical (unpaired) electrons. The summed E-state index contributed by atoms with van der Waals surface area (Å²) >= 11 is 0. The van der Waals surface area contributed by atoms with Gasteiger partial charge in [0.25, 0.3) is 0 Å². The second kappa shape index (κ2) is 6.61. The van der Waals surface area contributed by atoms with Gasteiger partial charge in [0.2, 0.25) is 0 Å². The Labute approximate surface area is 113 Å². The second-order valence-corrected chi connectivity index (χ2v) is 5.25. The van der Waals surface area contributed by atoms with E-state index in [2.05, 4.69) is 14.9 Å². The normalized spacial score (nSPS) is 17.5. The highest BCUT2D eigenvalue weighted by Crippen LogP contribution is 2.22. The number of carboxylic acids is 1. The van der Waals surface area contributed by atoms with Crippen LogP contribution >= 0.6 is 0 Å². The number of hydrogen-bond donors (Lipinski definition) is 1. The van der Waals surface area contributed by atoms with E-state index < -0.39 is 5.97 Å². The minimum atomic E-state index is -0.682. The topological polar surface area (TPSA) is 66.3 Å². The molecule has 0 saturated carbocycles. The van der Waals surface area contributed by atoms with E-state index in [1.807, 2.05) is 13.0 Å². The standard InChI is InChI=1S/C14H21N3O2/c1-11-15-7-4-13(16-11)10-17-8-5-12(6-9-17)2-3-14(18)19/h4,7,12H,2-3,5-6,8-10H2,1H3,(H,18,19). The molecule has 104 valence electrons. The molecule has 5 heteroatoms. The Morgan fingerprint density at radius 1 is 1.47 bits per heavy atom. The summed E-state index contributed by atoms with van der Waals surface area (Å²) in [5.41, 5.74) is 1.07. The Balaban J connectivity index is 1.75. The van der Waals surface area contributed by atoms with Crippen LogP contribution in [0.25, 0.3) is 0 Å². The fourth-order valence-corrected chi connectivity index (χ4v) is 2.58. The van der Waals surface area contributed by atoms with Crippen molar-refractivity contribution in [1.82, 2.24) is 14.9 Å². The first-order chi connectivity index (χ1) is 9.13. The molecule has 1 aliphatic rings. The van der Waals surface area contributed by atoms with Crippen LogP contribution in [-0.4, -0.2) is 39.0 Å². The highest BCUT2D eigenvalue weighted by molar-refractivity contribution is 5.66. The number of rotatable bonds is 5. The lowest BCUT2D eigenvalue weighted by atomic mass is 9.92. The van der Waals surface area contributed by atoms with Gasteiger partial charge in [0.15, 0.2) is 0 Å². The molecule has 1 aliphatic heterocycles. The maximum Gasteiger partial charge on any atom is 0.303 e. The maximum atomic E-state index is 10.6. The van der Waals surface area contributed by atoms with Crippen LogP contribution in [0.4, 0.5) is 0 Å². The van der Waals surface area contributed by atoms with Crippen LogP contribution < -0.4 is 0 Å². The molecule has 1 fully saturated rings. The minimum Gasteiger partial charge on any atom is -0.481 e. The van der Waals surface area contributed by atoms with Crippen molar-refractivity contribution in [2.24, 2.45) is 5.92 Å². The highest BCUT2D eigenvalue weighted by Gasteiger charge is 2.20. The van der Waals surface area contributed by atoms with Gasteiger partial charge in [0.1, 0.15) is 5.82 Å². The number of aromatic nitrogens is 2. The van der Waals surface area contributed by atoms with E-state index in [0.29, 0.717) is 12.3 Å². The SMILES string of the molecule is Cc1nccc(CN2CCC(CCC(=O)O)CC2)n1. The molecule has 0 spiro atoms. The van der Waals surface area contributed by atoms with E-state index >= 15 is 0 Å². The first-order valence-corrected chi connectivity index (χ1v) is 6.86. The summed E-state index contributed by atoms with van der Waals surface area (Å²) in [7, 11) is 0. The van der Waals surface area contributed by atoms with Crippen molar-refractivity contribution < 1.29 is 9.90 Å². The highest BCUT2D eigenvalue weighted by atomic mass is 16.4. The summed E-state index contributed by atoms with van der Waals surface area (Å²) in [4.78, 5) is 21.5. The van der Waals surface area contributed by atoms with E-state index in [1.54, 1.807) is 6.20 Å². The van der Waals surface area contributed by atoms with Crippen molar-refractivity contribution in [2.45, 2.75) is 39.2 Å². The second-order valence-electron chi connectivity index (χ2n) is 5.25. The van der Waals surface area contributed by atoms with E-state index in [-0.39, 0.29) is 0 Å². The zero-order valence-corrected chi connectivity index (χ0v) is 11.4. The third-order valence-electron chi connectivity index (χ3n) is 3.69. The number of carboxylic acid groups (broad SMARTS) is 1. The zero-order chi connectivity index (χ0) is 13.7. The number of aryl methyl sites for hydroxylation is 1. The molecule has 2 rings (SSSR count). The number of likely N-dealkylation sites (tertiary alicyclic amines) is 1. The molecule has 0 unspecified atom stereocenters. The van der Waals surface area contributed by atoms with Crippen LogP contribution in [0, 0.1) is 12.8 Å². The van der Waals surface area contributed by atoms with Crippen molar-refractivity contribution in [3.05, 3.63) is 23.8 Å². The van der Waals surface area contributed by atoms with Gasteiger partial charge in [0.05, 0.1) is 5.69 Å². The van der Waals surface area contributed by atoms with Gasteiger partial charge in [-0.1, -0.05) is 0 Å². The fourth-order valence-electron chi connectivity index (χ4n) is 2.58. The van der Waals surface area contributed by atoms with Crippen molar-refractivity contribution in [3.63, 3.8) is 0 Å². The van der Waals surface area contributed by atoms with Gasteiger partial charge in [-0.25, -0.2) is 9.97 Å². The van der Waals surface area contributed by atoms with Crippen LogP contribution in [0.3, 0.4) is 0 Å². The summed E-state index contributed by atoms with van der Waals surface area (Å²) in [6.45, 7) is 4.84. The van der Waals surface area contributed by atoms with Gasteiger partial charge in [0, 0.05) is 19.2 Å². The van der Waals surface area contributed by atoms with Gasteiger partial charge in [-0.05, 0) is 51.3 Å². The van der Waals surface area contributed by atoms with Gasteiger partial charge in [-0.15, -0.1) is 0 Å². The Morgan fingerprint density at radius 3 is 2.84 bits per heavy atom. The first kappa shape index (κ1) is 13.9. The molecular formula is C14H21N3O2. The summed E-state index contributed by atoms with van der Waals surface area (Å²) in [6, 6.07) is 1.96. The lowest BCUT2D eigenvalue weighted by Gasteiger charge is -2.31. The lowest BCUT2D eigenvalue weighted by Crippen LogP contribution is -2.33. The fraction of sp³-hybridized carbons (Fsp3) is 0.643. The van der Waals surface area contributed by atoms with Gasteiger partial charge < -0.3 is 5.11 Å². The molecule has 1 saturated heterocycles. The van der Waals surface area contributed by atoms with Crippen LogP contribution in [0.2, 0.25) is 0 Å².